The van der Waals surface area contributed by atoms with Gasteiger partial charge in [0, 0.05) is 31.2 Å². The van der Waals surface area contributed by atoms with Gasteiger partial charge in [-0.3, -0.25) is 9.78 Å². The van der Waals surface area contributed by atoms with Gasteiger partial charge in [-0.05, 0) is 35.2 Å². The van der Waals surface area contributed by atoms with Crippen LogP contribution in [0.5, 0.6) is 0 Å². The molecule has 4 heteroatoms. The van der Waals surface area contributed by atoms with Crippen molar-refractivity contribution in [2.24, 2.45) is 0 Å². The summed E-state index contributed by atoms with van der Waals surface area (Å²) in [5.74, 6) is 0.320. The molecular weight excluding hydrogens is 250 g/mol. The first-order valence-electron chi connectivity index (χ1n) is 6.73. The number of amides is 1. The van der Waals surface area contributed by atoms with E-state index in [4.69, 9.17) is 5.73 Å². The predicted octanol–water partition coefficient (Wildman–Crippen LogP) is 2.42. The minimum absolute atomic E-state index is 0.0213. The van der Waals surface area contributed by atoms with E-state index in [1.165, 1.54) is 0 Å². The lowest BCUT2D eigenvalue weighted by Crippen LogP contribution is -2.39. The molecule has 4 nitrogen and oxygen atoms in total. The highest BCUT2D eigenvalue weighted by Gasteiger charge is 2.30. The van der Waals surface area contributed by atoms with Gasteiger partial charge in [-0.15, -0.1) is 0 Å². The molecule has 0 aliphatic carbocycles. The summed E-state index contributed by atoms with van der Waals surface area (Å²) in [4.78, 5) is 18.5. The molecule has 0 spiro atoms. The number of aromatic nitrogens is 1. The molecule has 1 atom stereocenters. The number of carbonyl (C=O) groups excluding carboxylic acids is 1. The molecule has 2 heterocycles. The zero-order valence-corrected chi connectivity index (χ0v) is 11.4. The van der Waals surface area contributed by atoms with Crippen LogP contribution in [0.1, 0.15) is 34.3 Å². The van der Waals surface area contributed by atoms with E-state index in [0.29, 0.717) is 23.7 Å². The maximum atomic E-state index is 12.6. The highest BCUT2D eigenvalue weighted by molar-refractivity contribution is 6.01. The zero-order chi connectivity index (χ0) is 14.1. The quantitative estimate of drug-likeness (QED) is 0.850. The van der Waals surface area contributed by atoms with Gasteiger partial charge in [0.1, 0.15) is 0 Å². The van der Waals surface area contributed by atoms with Gasteiger partial charge >= 0.3 is 0 Å². The van der Waals surface area contributed by atoms with Gasteiger partial charge in [-0.2, -0.15) is 0 Å². The number of anilines is 1. The maximum Gasteiger partial charge on any atom is 0.256 e. The summed E-state index contributed by atoms with van der Waals surface area (Å²) >= 11 is 0. The molecular formula is C16H17N3O. The van der Waals surface area contributed by atoms with Crippen LogP contribution in [0.2, 0.25) is 0 Å². The van der Waals surface area contributed by atoms with Crippen LogP contribution in [-0.4, -0.2) is 22.3 Å². The van der Waals surface area contributed by atoms with Crippen molar-refractivity contribution in [2.45, 2.75) is 19.4 Å². The lowest BCUT2D eigenvalue weighted by atomic mass is 9.89. The number of nitrogen functional groups attached to an aromatic ring is 1. The Bertz CT molecular complexity index is 639. The normalized spacial score (nSPS) is 17.9. The number of fused-ring (bicyclic) bond motifs is 1. The largest absolute Gasteiger partial charge is 0.398 e. The zero-order valence-electron chi connectivity index (χ0n) is 11.4. The molecule has 1 unspecified atom stereocenters. The topological polar surface area (TPSA) is 59.2 Å². The number of hydrogen-bond acceptors (Lipinski definition) is 3. The Labute approximate surface area is 118 Å². The van der Waals surface area contributed by atoms with Crippen molar-refractivity contribution < 1.29 is 4.79 Å². The van der Waals surface area contributed by atoms with E-state index in [2.05, 4.69) is 11.9 Å². The number of benzene rings is 1. The minimum atomic E-state index is 0.0213. The van der Waals surface area contributed by atoms with Gasteiger partial charge in [-0.25, -0.2) is 0 Å². The standard InChI is InChI=1S/C16H17N3O/c1-11-9-19(10-12-5-7-18-8-6-12)16(20)15-13(11)3-2-4-14(15)17/h2-8,11H,9-10,17H2,1H3. The summed E-state index contributed by atoms with van der Waals surface area (Å²) < 4.78 is 0. The second kappa shape index (κ2) is 4.96. The summed E-state index contributed by atoms with van der Waals surface area (Å²) in [5.41, 5.74) is 9.37. The van der Waals surface area contributed by atoms with Gasteiger partial charge < -0.3 is 10.6 Å². The van der Waals surface area contributed by atoms with Crippen LogP contribution in [0.3, 0.4) is 0 Å². The van der Waals surface area contributed by atoms with Crippen LogP contribution in [-0.2, 0) is 6.54 Å². The Morgan fingerprint density at radius 3 is 2.80 bits per heavy atom. The molecule has 2 N–H and O–H groups in total. The number of rotatable bonds is 2. The van der Waals surface area contributed by atoms with Gasteiger partial charge in [0.05, 0.1) is 5.56 Å². The van der Waals surface area contributed by atoms with E-state index >= 15 is 0 Å². The van der Waals surface area contributed by atoms with E-state index in [1.54, 1.807) is 18.5 Å². The predicted molar refractivity (Wildman–Crippen MR) is 78.2 cm³/mol. The number of pyridine rings is 1. The summed E-state index contributed by atoms with van der Waals surface area (Å²) in [7, 11) is 0. The summed E-state index contributed by atoms with van der Waals surface area (Å²) in [6.07, 6.45) is 3.49. The second-order valence-corrected chi connectivity index (χ2v) is 5.25. The van der Waals surface area contributed by atoms with Crippen LogP contribution in [0.4, 0.5) is 5.69 Å². The van der Waals surface area contributed by atoms with E-state index in [1.807, 2.05) is 29.2 Å². The van der Waals surface area contributed by atoms with E-state index in [-0.39, 0.29) is 5.91 Å². The highest BCUT2D eigenvalue weighted by Crippen LogP contribution is 2.32. The van der Waals surface area contributed by atoms with Crippen molar-refractivity contribution in [3.05, 3.63) is 59.4 Å². The van der Waals surface area contributed by atoms with Crippen molar-refractivity contribution in [1.29, 1.82) is 0 Å². The first-order chi connectivity index (χ1) is 9.66. The SMILES string of the molecule is CC1CN(Cc2ccncc2)C(=O)c2c(N)cccc21. The molecule has 2 aromatic rings. The third-order valence-corrected chi connectivity index (χ3v) is 3.78. The lowest BCUT2D eigenvalue weighted by Gasteiger charge is -2.33. The number of nitrogens with two attached hydrogens (primary N) is 1. The van der Waals surface area contributed by atoms with Crippen LogP contribution in [0.25, 0.3) is 0 Å². The van der Waals surface area contributed by atoms with Crippen molar-refractivity contribution in [3.63, 3.8) is 0 Å². The molecule has 20 heavy (non-hydrogen) atoms. The first-order valence-corrected chi connectivity index (χ1v) is 6.73. The first kappa shape index (κ1) is 12.7. The fourth-order valence-electron chi connectivity index (χ4n) is 2.76. The molecule has 102 valence electrons. The van der Waals surface area contributed by atoms with Gasteiger partial charge in [0.15, 0.2) is 0 Å². The Hall–Kier alpha value is -2.36. The molecule has 0 radical (unpaired) electrons. The molecule has 0 bridgehead atoms. The molecule has 0 saturated heterocycles. The molecule has 1 aliphatic heterocycles. The molecule has 0 saturated carbocycles. The lowest BCUT2D eigenvalue weighted by molar-refractivity contribution is 0.0712. The van der Waals surface area contributed by atoms with E-state index in [9.17, 15) is 4.79 Å². The highest BCUT2D eigenvalue weighted by atomic mass is 16.2. The minimum Gasteiger partial charge on any atom is -0.398 e. The summed E-state index contributed by atoms with van der Waals surface area (Å²) in [6.45, 7) is 3.45. The van der Waals surface area contributed by atoms with Crippen molar-refractivity contribution in [3.8, 4) is 0 Å². The van der Waals surface area contributed by atoms with Crippen molar-refractivity contribution >= 4 is 11.6 Å². The summed E-state index contributed by atoms with van der Waals surface area (Å²) in [6, 6.07) is 9.57. The third kappa shape index (κ3) is 2.13. The second-order valence-electron chi connectivity index (χ2n) is 5.25. The average molecular weight is 267 g/mol. The molecule has 1 amide bonds. The third-order valence-electron chi connectivity index (χ3n) is 3.78. The van der Waals surface area contributed by atoms with Gasteiger partial charge in [0.25, 0.3) is 5.91 Å². The number of hydrogen-bond donors (Lipinski definition) is 1. The van der Waals surface area contributed by atoms with Crippen LogP contribution >= 0.6 is 0 Å². The van der Waals surface area contributed by atoms with E-state index < -0.39 is 0 Å². The molecule has 0 fully saturated rings. The fourth-order valence-corrected chi connectivity index (χ4v) is 2.76. The Kier molecular flexibility index (Phi) is 3.14. The Morgan fingerprint density at radius 2 is 2.05 bits per heavy atom. The van der Waals surface area contributed by atoms with E-state index in [0.717, 1.165) is 17.7 Å². The average Bonchev–Trinajstić information content (AvgIpc) is 2.45. The maximum absolute atomic E-state index is 12.6. The molecule has 1 aromatic carbocycles. The van der Waals surface area contributed by atoms with Crippen molar-refractivity contribution in [2.75, 3.05) is 12.3 Å². The Balaban J connectivity index is 1.93. The van der Waals surface area contributed by atoms with Crippen LogP contribution in [0.15, 0.2) is 42.7 Å². The number of carbonyl (C=O) groups is 1. The Morgan fingerprint density at radius 1 is 1.30 bits per heavy atom. The van der Waals surface area contributed by atoms with Gasteiger partial charge in [-0.1, -0.05) is 19.1 Å². The molecule has 3 rings (SSSR count). The van der Waals surface area contributed by atoms with Crippen molar-refractivity contribution in [1.82, 2.24) is 9.88 Å². The summed E-state index contributed by atoms with van der Waals surface area (Å²) in [5, 5.41) is 0. The van der Waals surface area contributed by atoms with Crippen LogP contribution < -0.4 is 5.73 Å². The van der Waals surface area contributed by atoms with Crippen LogP contribution in [0, 0.1) is 0 Å². The monoisotopic (exact) mass is 267 g/mol. The fraction of sp³-hybridized carbons (Fsp3) is 0.250. The molecule has 1 aliphatic rings. The smallest absolute Gasteiger partial charge is 0.256 e. The molecule has 1 aromatic heterocycles. The van der Waals surface area contributed by atoms with Gasteiger partial charge in [0.2, 0.25) is 0 Å². The number of nitrogens with zero attached hydrogens (tertiary/aromatic N) is 2.